The van der Waals surface area contributed by atoms with Gasteiger partial charge >= 0.3 is 0 Å². The number of rotatable bonds is 5. The van der Waals surface area contributed by atoms with Gasteiger partial charge in [0.2, 0.25) is 5.91 Å². The van der Waals surface area contributed by atoms with E-state index in [1.54, 1.807) is 0 Å². The number of anilines is 1. The Hall–Kier alpha value is -1.39. The van der Waals surface area contributed by atoms with Gasteiger partial charge in [-0.1, -0.05) is 26.0 Å². The molecule has 1 amide bonds. The van der Waals surface area contributed by atoms with E-state index in [2.05, 4.69) is 48.6 Å². The van der Waals surface area contributed by atoms with Crippen LogP contribution in [0.4, 0.5) is 5.69 Å². The van der Waals surface area contributed by atoms with E-state index >= 15 is 0 Å². The van der Waals surface area contributed by atoms with Crippen LogP contribution in [0.3, 0.4) is 0 Å². The van der Waals surface area contributed by atoms with Crippen molar-refractivity contribution in [3.05, 3.63) is 29.8 Å². The minimum Gasteiger partial charge on any atom is -0.325 e. The van der Waals surface area contributed by atoms with Crippen LogP contribution in [0.25, 0.3) is 0 Å². The summed E-state index contributed by atoms with van der Waals surface area (Å²) in [4.78, 5) is 14.6. The van der Waals surface area contributed by atoms with Crippen LogP contribution in [0.1, 0.15) is 51.0 Å². The first-order valence-corrected chi connectivity index (χ1v) is 8.87. The summed E-state index contributed by atoms with van der Waals surface area (Å²) < 4.78 is 0. The second-order valence-electron chi connectivity index (χ2n) is 7.51. The summed E-state index contributed by atoms with van der Waals surface area (Å²) in [7, 11) is 2.08. The molecule has 0 spiro atoms. The van der Waals surface area contributed by atoms with E-state index in [1.165, 1.54) is 31.2 Å². The maximum absolute atomic E-state index is 12.4. The molecule has 23 heavy (non-hydrogen) atoms. The fraction of sp³-hybridized carbons (Fsp3) is 0.632. The van der Waals surface area contributed by atoms with E-state index in [1.807, 2.05) is 12.1 Å². The van der Waals surface area contributed by atoms with Gasteiger partial charge in [-0.2, -0.15) is 0 Å². The number of carbonyl (C=O) groups is 1. The van der Waals surface area contributed by atoms with E-state index in [9.17, 15) is 4.79 Å². The molecule has 2 atom stereocenters. The number of hydrogen-bond donors (Lipinski definition) is 2. The Balaban J connectivity index is 1.53. The van der Waals surface area contributed by atoms with Gasteiger partial charge in [0.15, 0.2) is 0 Å². The molecule has 2 aliphatic heterocycles. The third-order valence-electron chi connectivity index (χ3n) is 5.30. The second-order valence-corrected chi connectivity index (χ2v) is 7.51. The molecule has 126 valence electrons. The highest BCUT2D eigenvalue weighted by Gasteiger charge is 2.35. The quantitative estimate of drug-likeness (QED) is 0.878. The van der Waals surface area contributed by atoms with Crippen LogP contribution in [-0.4, -0.2) is 42.5 Å². The first-order valence-electron chi connectivity index (χ1n) is 8.87. The van der Waals surface area contributed by atoms with Gasteiger partial charge in [-0.3, -0.25) is 9.69 Å². The molecule has 2 N–H and O–H groups in total. The third-order valence-corrected chi connectivity index (χ3v) is 5.30. The Morgan fingerprint density at radius 1 is 1.30 bits per heavy atom. The van der Waals surface area contributed by atoms with Crippen molar-refractivity contribution >= 4 is 11.6 Å². The molecular weight excluding hydrogens is 286 g/mol. The number of amides is 1. The normalized spacial score (nSPS) is 26.7. The van der Waals surface area contributed by atoms with Crippen molar-refractivity contribution in [2.45, 2.75) is 63.6 Å². The first-order chi connectivity index (χ1) is 11.0. The minimum absolute atomic E-state index is 0.0827. The van der Waals surface area contributed by atoms with E-state index in [4.69, 9.17) is 0 Å². The molecular formula is C19H29N3O. The third kappa shape index (κ3) is 4.12. The molecule has 2 unspecified atom stereocenters. The maximum Gasteiger partial charge on any atom is 0.238 e. The molecule has 0 aliphatic carbocycles. The van der Waals surface area contributed by atoms with Crippen molar-refractivity contribution in [3.8, 4) is 0 Å². The number of fused-ring (bicyclic) bond motifs is 2. The summed E-state index contributed by atoms with van der Waals surface area (Å²) in [5.41, 5.74) is 2.16. The van der Waals surface area contributed by atoms with Gasteiger partial charge in [0.25, 0.3) is 0 Å². The number of piperidine rings is 1. The van der Waals surface area contributed by atoms with Gasteiger partial charge in [-0.15, -0.1) is 0 Å². The average molecular weight is 315 g/mol. The molecule has 4 nitrogen and oxygen atoms in total. The monoisotopic (exact) mass is 315 g/mol. The van der Waals surface area contributed by atoms with Gasteiger partial charge in [-0.05, 0) is 56.3 Å². The molecule has 0 radical (unpaired) electrons. The zero-order chi connectivity index (χ0) is 16.4. The Morgan fingerprint density at radius 3 is 2.65 bits per heavy atom. The molecule has 4 heteroatoms. The van der Waals surface area contributed by atoms with Gasteiger partial charge < -0.3 is 10.6 Å². The standard InChI is InChI=1S/C19H29N3O/c1-13(2)14-5-4-6-15(9-14)21-19(23)12-22(3)18-10-16-7-8-17(11-18)20-16/h4-6,9,13,16-18,20H,7-8,10-12H2,1-3H3,(H,21,23). The predicted octanol–water partition coefficient (Wildman–Crippen LogP) is 2.96. The van der Waals surface area contributed by atoms with Crippen LogP contribution in [0.2, 0.25) is 0 Å². The SMILES string of the molecule is CC(C)c1cccc(NC(=O)CN(C)C2CC3CCC(C2)N3)c1. The minimum atomic E-state index is 0.0827. The molecule has 1 aromatic carbocycles. The largest absolute Gasteiger partial charge is 0.325 e. The number of carbonyl (C=O) groups excluding carboxylic acids is 1. The molecule has 3 rings (SSSR count). The number of nitrogens with zero attached hydrogens (tertiary/aromatic N) is 1. The van der Waals surface area contributed by atoms with Gasteiger partial charge in [-0.25, -0.2) is 0 Å². The summed E-state index contributed by atoms with van der Waals surface area (Å²) in [6.07, 6.45) is 4.93. The van der Waals surface area contributed by atoms with Gasteiger partial charge in [0, 0.05) is 23.8 Å². The topological polar surface area (TPSA) is 44.4 Å². The van der Waals surface area contributed by atoms with Crippen molar-refractivity contribution in [2.24, 2.45) is 0 Å². The Kier molecular flexibility index (Phi) is 5.02. The zero-order valence-electron chi connectivity index (χ0n) is 14.5. The van der Waals surface area contributed by atoms with Crippen LogP contribution in [0.5, 0.6) is 0 Å². The van der Waals surface area contributed by atoms with Crippen LogP contribution < -0.4 is 10.6 Å². The summed E-state index contributed by atoms with van der Waals surface area (Å²) in [6, 6.07) is 10.0. The van der Waals surface area contributed by atoms with Crippen molar-refractivity contribution in [2.75, 3.05) is 18.9 Å². The Morgan fingerprint density at radius 2 is 2.00 bits per heavy atom. The van der Waals surface area contributed by atoms with E-state index < -0.39 is 0 Å². The fourth-order valence-corrected chi connectivity index (χ4v) is 3.92. The lowest BCUT2D eigenvalue weighted by Crippen LogP contribution is -2.48. The number of nitrogens with one attached hydrogen (secondary N) is 2. The average Bonchev–Trinajstić information content (AvgIpc) is 2.85. The van der Waals surface area contributed by atoms with Gasteiger partial charge in [0.05, 0.1) is 6.54 Å². The molecule has 0 aromatic heterocycles. The lowest BCUT2D eigenvalue weighted by Gasteiger charge is -2.35. The summed E-state index contributed by atoms with van der Waals surface area (Å²) in [6.45, 7) is 4.80. The molecule has 1 aromatic rings. The Labute approximate surface area is 139 Å². The highest BCUT2D eigenvalue weighted by molar-refractivity contribution is 5.92. The van der Waals surface area contributed by atoms with Crippen molar-refractivity contribution < 1.29 is 4.79 Å². The van der Waals surface area contributed by atoms with Gasteiger partial charge in [0.1, 0.15) is 0 Å². The van der Waals surface area contributed by atoms with E-state index in [0.29, 0.717) is 30.6 Å². The molecule has 0 saturated carbocycles. The van der Waals surface area contributed by atoms with Crippen LogP contribution in [0, 0.1) is 0 Å². The first kappa shape index (κ1) is 16.5. The number of likely N-dealkylation sites (N-methyl/N-ethyl adjacent to an activating group) is 1. The second kappa shape index (κ2) is 7.02. The summed E-state index contributed by atoms with van der Waals surface area (Å²) in [5.74, 6) is 0.555. The highest BCUT2D eigenvalue weighted by atomic mass is 16.2. The van der Waals surface area contributed by atoms with Crippen molar-refractivity contribution in [1.82, 2.24) is 10.2 Å². The molecule has 2 fully saturated rings. The highest BCUT2D eigenvalue weighted by Crippen LogP contribution is 2.29. The van der Waals surface area contributed by atoms with Crippen molar-refractivity contribution in [1.29, 1.82) is 0 Å². The molecule has 2 aliphatic rings. The Bertz CT molecular complexity index is 545. The van der Waals surface area contributed by atoms with Crippen LogP contribution in [0.15, 0.2) is 24.3 Å². The number of hydrogen-bond acceptors (Lipinski definition) is 3. The zero-order valence-corrected chi connectivity index (χ0v) is 14.5. The van der Waals surface area contributed by atoms with Crippen LogP contribution >= 0.6 is 0 Å². The molecule has 2 bridgehead atoms. The summed E-state index contributed by atoms with van der Waals surface area (Å²) in [5, 5.41) is 6.71. The fourth-order valence-electron chi connectivity index (χ4n) is 3.92. The smallest absolute Gasteiger partial charge is 0.238 e. The number of benzene rings is 1. The van der Waals surface area contributed by atoms with E-state index in [-0.39, 0.29) is 5.91 Å². The predicted molar refractivity (Wildman–Crippen MR) is 94.8 cm³/mol. The summed E-state index contributed by atoms with van der Waals surface area (Å²) >= 11 is 0. The maximum atomic E-state index is 12.4. The lowest BCUT2D eigenvalue weighted by atomic mass is 9.98. The van der Waals surface area contributed by atoms with E-state index in [0.717, 1.165) is 5.69 Å². The molecule has 2 saturated heterocycles. The molecule has 2 heterocycles. The lowest BCUT2D eigenvalue weighted by molar-refractivity contribution is -0.117. The van der Waals surface area contributed by atoms with Crippen LogP contribution in [-0.2, 0) is 4.79 Å². The van der Waals surface area contributed by atoms with Crippen molar-refractivity contribution in [3.63, 3.8) is 0 Å².